The average molecular weight is 223 g/mol. The van der Waals surface area contributed by atoms with Gasteiger partial charge in [-0.1, -0.05) is 12.1 Å². The Balaban J connectivity index is 2.07. The maximum absolute atomic E-state index is 14.1. The van der Waals surface area contributed by atoms with Gasteiger partial charge in [0.25, 0.3) is 0 Å². The van der Waals surface area contributed by atoms with Crippen LogP contribution >= 0.6 is 0 Å². The Morgan fingerprint density at radius 3 is 2.62 bits per heavy atom. The summed E-state index contributed by atoms with van der Waals surface area (Å²) in [4.78, 5) is 10.6. The summed E-state index contributed by atoms with van der Waals surface area (Å²) in [5.74, 6) is -0.955. The van der Waals surface area contributed by atoms with Crippen LogP contribution in [0.5, 0.6) is 0 Å². The van der Waals surface area contributed by atoms with E-state index < -0.39 is 11.6 Å². The SMILES string of the molecule is O=C(O)c1ccc(CC2(F)CCNC2)cc1. The number of aromatic carboxylic acids is 1. The van der Waals surface area contributed by atoms with E-state index in [1.54, 1.807) is 12.1 Å². The van der Waals surface area contributed by atoms with E-state index in [2.05, 4.69) is 5.32 Å². The first-order valence-electron chi connectivity index (χ1n) is 5.31. The van der Waals surface area contributed by atoms with Gasteiger partial charge in [-0.2, -0.15) is 0 Å². The minimum absolute atomic E-state index is 0.237. The minimum Gasteiger partial charge on any atom is -0.478 e. The summed E-state index contributed by atoms with van der Waals surface area (Å²) in [7, 11) is 0. The van der Waals surface area contributed by atoms with Gasteiger partial charge < -0.3 is 10.4 Å². The maximum atomic E-state index is 14.1. The van der Waals surface area contributed by atoms with Gasteiger partial charge in [0.15, 0.2) is 0 Å². The molecular formula is C12H14FNO2. The Kier molecular flexibility index (Phi) is 2.92. The third-order valence-corrected chi connectivity index (χ3v) is 2.91. The zero-order valence-electron chi connectivity index (χ0n) is 8.87. The number of rotatable bonds is 3. The smallest absolute Gasteiger partial charge is 0.335 e. The Morgan fingerprint density at radius 2 is 2.12 bits per heavy atom. The minimum atomic E-state index is -1.18. The molecule has 0 spiro atoms. The number of carboxylic acid groups (broad SMARTS) is 1. The standard InChI is InChI=1S/C12H14FNO2/c13-12(5-6-14-8-12)7-9-1-3-10(4-2-9)11(15)16/h1-4,14H,5-8H2,(H,15,16). The lowest BCUT2D eigenvalue weighted by molar-refractivity contribution is 0.0697. The molecule has 3 nitrogen and oxygen atoms in total. The molecule has 2 rings (SSSR count). The molecule has 0 radical (unpaired) electrons. The highest BCUT2D eigenvalue weighted by Gasteiger charge is 2.33. The molecule has 0 saturated carbocycles. The van der Waals surface area contributed by atoms with E-state index in [1.165, 1.54) is 12.1 Å². The van der Waals surface area contributed by atoms with Crippen molar-refractivity contribution in [3.63, 3.8) is 0 Å². The summed E-state index contributed by atoms with van der Waals surface area (Å²) in [5, 5.41) is 11.7. The monoisotopic (exact) mass is 223 g/mol. The lowest BCUT2D eigenvalue weighted by atomic mass is 9.95. The fourth-order valence-electron chi connectivity index (χ4n) is 2.00. The van der Waals surface area contributed by atoms with Crippen molar-refractivity contribution >= 4 is 5.97 Å². The van der Waals surface area contributed by atoms with Crippen LogP contribution in [0.4, 0.5) is 4.39 Å². The zero-order chi connectivity index (χ0) is 11.6. The largest absolute Gasteiger partial charge is 0.478 e. The van der Waals surface area contributed by atoms with E-state index in [0.29, 0.717) is 25.9 Å². The predicted molar refractivity (Wildman–Crippen MR) is 58.4 cm³/mol. The van der Waals surface area contributed by atoms with Crippen molar-refractivity contribution in [1.82, 2.24) is 5.32 Å². The van der Waals surface area contributed by atoms with E-state index in [9.17, 15) is 9.18 Å². The Bertz CT molecular complexity index is 383. The summed E-state index contributed by atoms with van der Waals surface area (Å²) in [6.07, 6.45) is 0.869. The lowest BCUT2D eigenvalue weighted by Gasteiger charge is -2.17. The normalized spacial score (nSPS) is 24.6. The summed E-state index contributed by atoms with van der Waals surface area (Å²) in [6.45, 7) is 1.09. The molecular weight excluding hydrogens is 209 g/mol. The van der Waals surface area contributed by atoms with Crippen molar-refractivity contribution in [1.29, 1.82) is 0 Å². The number of hydrogen-bond donors (Lipinski definition) is 2. The summed E-state index contributed by atoms with van der Waals surface area (Å²) in [6, 6.07) is 6.40. The molecule has 86 valence electrons. The fraction of sp³-hybridized carbons (Fsp3) is 0.417. The average Bonchev–Trinajstić information content (AvgIpc) is 2.65. The first kappa shape index (κ1) is 11.1. The van der Waals surface area contributed by atoms with Gasteiger partial charge in [0.2, 0.25) is 0 Å². The zero-order valence-corrected chi connectivity index (χ0v) is 8.87. The predicted octanol–water partition coefficient (Wildman–Crippen LogP) is 1.63. The van der Waals surface area contributed by atoms with Crippen LogP contribution in [-0.4, -0.2) is 29.8 Å². The second kappa shape index (κ2) is 4.22. The molecule has 1 fully saturated rings. The third kappa shape index (κ3) is 2.39. The van der Waals surface area contributed by atoms with Gasteiger partial charge in [0.05, 0.1) is 5.56 Å². The van der Waals surface area contributed by atoms with Crippen LogP contribution in [-0.2, 0) is 6.42 Å². The molecule has 1 aliphatic rings. The fourth-order valence-corrected chi connectivity index (χ4v) is 2.00. The first-order valence-corrected chi connectivity index (χ1v) is 5.31. The molecule has 0 bridgehead atoms. The topological polar surface area (TPSA) is 49.3 Å². The molecule has 16 heavy (non-hydrogen) atoms. The van der Waals surface area contributed by atoms with Crippen LogP contribution in [0.3, 0.4) is 0 Å². The Hall–Kier alpha value is -1.42. The van der Waals surface area contributed by atoms with E-state index in [0.717, 1.165) is 5.56 Å². The number of carbonyl (C=O) groups is 1. The van der Waals surface area contributed by atoms with Gasteiger partial charge >= 0.3 is 5.97 Å². The van der Waals surface area contributed by atoms with Crippen molar-refractivity contribution in [2.75, 3.05) is 13.1 Å². The van der Waals surface area contributed by atoms with E-state index in [1.807, 2.05) is 0 Å². The molecule has 1 unspecified atom stereocenters. The molecule has 0 amide bonds. The molecule has 1 aliphatic heterocycles. The highest BCUT2D eigenvalue weighted by Crippen LogP contribution is 2.24. The lowest BCUT2D eigenvalue weighted by Crippen LogP contribution is -2.28. The van der Waals surface area contributed by atoms with Gasteiger partial charge in [-0.3, -0.25) is 0 Å². The number of benzene rings is 1. The van der Waals surface area contributed by atoms with Crippen LogP contribution in [0.1, 0.15) is 22.3 Å². The van der Waals surface area contributed by atoms with Crippen molar-refractivity contribution in [2.45, 2.75) is 18.5 Å². The van der Waals surface area contributed by atoms with Crippen LogP contribution in [0, 0.1) is 0 Å². The molecule has 1 heterocycles. The van der Waals surface area contributed by atoms with E-state index >= 15 is 0 Å². The van der Waals surface area contributed by atoms with Crippen LogP contribution in [0.2, 0.25) is 0 Å². The highest BCUT2D eigenvalue weighted by molar-refractivity contribution is 5.87. The summed E-state index contributed by atoms with van der Waals surface area (Å²) >= 11 is 0. The maximum Gasteiger partial charge on any atom is 0.335 e. The Labute approximate surface area is 93.3 Å². The van der Waals surface area contributed by atoms with Crippen LogP contribution in [0.25, 0.3) is 0 Å². The van der Waals surface area contributed by atoms with Crippen molar-refractivity contribution in [3.8, 4) is 0 Å². The third-order valence-electron chi connectivity index (χ3n) is 2.91. The van der Waals surface area contributed by atoms with Gasteiger partial charge in [0, 0.05) is 13.0 Å². The first-order chi connectivity index (χ1) is 7.59. The number of alkyl halides is 1. The van der Waals surface area contributed by atoms with Gasteiger partial charge in [-0.15, -0.1) is 0 Å². The molecule has 1 saturated heterocycles. The highest BCUT2D eigenvalue weighted by atomic mass is 19.1. The number of carboxylic acids is 1. The Morgan fingerprint density at radius 1 is 1.44 bits per heavy atom. The number of hydrogen-bond acceptors (Lipinski definition) is 2. The number of halogens is 1. The summed E-state index contributed by atoms with van der Waals surface area (Å²) < 4.78 is 14.1. The van der Waals surface area contributed by atoms with Crippen molar-refractivity contribution in [2.24, 2.45) is 0 Å². The van der Waals surface area contributed by atoms with Gasteiger partial charge in [0.1, 0.15) is 5.67 Å². The van der Waals surface area contributed by atoms with Gasteiger partial charge in [-0.05, 0) is 30.7 Å². The van der Waals surface area contributed by atoms with Crippen molar-refractivity contribution < 1.29 is 14.3 Å². The molecule has 0 aliphatic carbocycles. The number of nitrogens with one attached hydrogen (secondary N) is 1. The van der Waals surface area contributed by atoms with Crippen LogP contribution in [0.15, 0.2) is 24.3 Å². The second-order valence-corrected chi connectivity index (χ2v) is 4.26. The second-order valence-electron chi connectivity index (χ2n) is 4.26. The van der Waals surface area contributed by atoms with E-state index in [-0.39, 0.29) is 5.56 Å². The molecule has 1 atom stereocenters. The summed E-state index contributed by atoms with van der Waals surface area (Å²) in [5.41, 5.74) is -0.0949. The molecule has 1 aromatic carbocycles. The molecule has 0 aromatic heterocycles. The van der Waals surface area contributed by atoms with Crippen molar-refractivity contribution in [3.05, 3.63) is 35.4 Å². The molecule has 4 heteroatoms. The molecule has 2 N–H and O–H groups in total. The molecule has 1 aromatic rings. The van der Waals surface area contributed by atoms with Gasteiger partial charge in [-0.25, -0.2) is 9.18 Å². The quantitative estimate of drug-likeness (QED) is 0.818. The van der Waals surface area contributed by atoms with Crippen LogP contribution < -0.4 is 5.32 Å². The van der Waals surface area contributed by atoms with E-state index in [4.69, 9.17) is 5.11 Å².